The van der Waals surface area contributed by atoms with Crippen LogP contribution in [0.25, 0.3) is 0 Å². The molecule has 3 rings (SSSR count). The summed E-state index contributed by atoms with van der Waals surface area (Å²) in [4.78, 5) is 25.7. The van der Waals surface area contributed by atoms with E-state index in [-0.39, 0.29) is 18.2 Å². The molecule has 3 N–H and O–H groups in total. The summed E-state index contributed by atoms with van der Waals surface area (Å²) in [6.45, 7) is 3.13. The third kappa shape index (κ3) is 5.70. The highest BCUT2D eigenvalue weighted by Crippen LogP contribution is 2.37. The first kappa shape index (κ1) is 22.0. The Morgan fingerprint density at radius 2 is 1.73 bits per heavy atom. The molecule has 0 atom stereocenters. The lowest BCUT2D eigenvalue weighted by molar-refractivity contribution is -0.132. The monoisotopic (exact) mass is 407 g/mol. The lowest BCUT2D eigenvalue weighted by Gasteiger charge is -2.37. The normalized spacial score (nSPS) is 18.7. The van der Waals surface area contributed by atoms with Crippen molar-refractivity contribution in [2.24, 2.45) is 5.73 Å². The highest BCUT2D eigenvalue weighted by Gasteiger charge is 2.29. The molecule has 5 heteroatoms. The van der Waals surface area contributed by atoms with Gasteiger partial charge < -0.3 is 16.0 Å². The molecule has 0 heterocycles. The quantitative estimate of drug-likeness (QED) is 0.703. The van der Waals surface area contributed by atoms with E-state index in [0.717, 1.165) is 37.8 Å². The minimum atomic E-state index is -0.304. The largest absolute Gasteiger partial charge is 0.369 e. The summed E-state index contributed by atoms with van der Waals surface area (Å²) in [5, 5.41) is 3.24. The second kappa shape index (κ2) is 10.4. The fourth-order valence-corrected chi connectivity index (χ4v) is 4.69. The van der Waals surface area contributed by atoms with E-state index in [4.69, 9.17) is 5.73 Å². The van der Waals surface area contributed by atoms with Crippen LogP contribution in [0, 0.1) is 0 Å². The molecule has 160 valence electrons. The zero-order chi connectivity index (χ0) is 21.5. The van der Waals surface area contributed by atoms with Gasteiger partial charge in [0.2, 0.25) is 11.8 Å². The van der Waals surface area contributed by atoms with Crippen LogP contribution in [0.5, 0.6) is 0 Å². The second-order valence-electron chi connectivity index (χ2n) is 8.34. The highest BCUT2D eigenvalue weighted by atomic mass is 16.2. The first-order valence-corrected chi connectivity index (χ1v) is 10.8. The van der Waals surface area contributed by atoms with Gasteiger partial charge in [-0.25, -0.2) is 0 Å². The van der Waals surface area contributed by atoms with Gasteiger partial charge in [-0.1, -0.05) is 48.5 Å². The molecular formula is C25H33N3O2. The Labute approximate surface area is 179 Å². The number of carbonyl (C=O) groups excluding carboxylic acids is 2. The first-order chi connectivity index (χ1) is 14.5. The van der Waals surface area contributed by atoms with Crippen LogP contribution >= 0.6 is 0 Å². The van der Waals surface area contributed by atoms with E-state index in [0.29, 0.717) is 18.5 Å². The van der Waals surface area contributed by atoms with Gasteiger partial charge in [0.15, 0.2) is 0 Å². The number of benzene rings is 2. The van der Waals surface area contributed by atoms with Crippen LogP contribution in [0.15, 0.2) is 48.5 Å². The minimum absolute atomic E-state index is 0.147. The van der Waals surface area contributed by atoms with E-state index < -0.39 is 0 Å². The number of nitrogens with one attached hydrogen (secondary N) is 1. The zero-order valence-electron chi connectivity index (χ0n) is 18.1. The average molecular weight is 408 g/mol. The Bertz CT molecular complexity index is 858. The summed E-state index contributed by atoms with van der Waals surface area (Å²) >= 11 is 0. The summed E-state index contributed by atoms with van der Waals surface area (Å²) in [5.74, 6) is 0.327. The molecule has 0 aliphatic heterocycles. The number of hydrogen-bond acceptors (Lipinski definition) is 3. The van der Waals surface area contributed by atoms with E-state index in [9.17, 15) is 9.59 Å². The molecule has 0 unspecified atom stereocenters. The Kier molecular flexibility index (Phi) is 7.63. The van der Waals surface area contributed by atoms with Gasteiger partial charge in [-0.15, -0.1) is 0 Å². The Morgan fingerprint density at radius 3 is 2.33 bits per heavy atom. The van der Waals surface area contributed by atoms with Crippen LogP contribution < -0.4 is 11.1 Å². The van der Waals surface area contributed by atoms with Crippen LogP contribution in [0.3, 0.4) is 0 Å². The summed E-state index contributed by atoms with van der Waals surface area (Å²) in [6, 6.07) is 16.8. The van der Waals surface area contributed by atoms with E-state index in [1.807, 2.05) is 36.2 Å². The van der Waals surface area contributed by atoms with Crippen molar-refractivity contribution in [3.8, 4) is 0 Å². The van der Waals surface area contributed by atoms with Crippen molar-refractivity contribution in [1.29, 1.82) is 0 Å². The van der Waals surface area contributed by atoms with E-state index in [1.54, 1.807) is 6.92 Å². The van der Waals surface area contributed by atoms with Crippen LogP contribution in [0.1, 0.15) is 60.8 Å². The Morgan fingerprint density at radius 1 is 1.03 bits per heavy atom. The molecule has 0 spiro atoms. The number of primary amides is 1. The number of carbonyl (C=O) groups is 2. The predicted octanol–water partition coefficient (Wildman–Crippen LogP) is 3.51. The van der Waals surface area contributed by atoms with Crippen molar-refractivity contribution in [3.63, 3.8) is 0 Å². The summed E-state index contributed by atoms with van der Waals surface area (Å²) in [5.41, 5.74) is 10.1. The maximum absolute atomic E-state index is 12.3. The van der Waals surface area contributed by atoms with Gasteiger partial charge in [-0.3, -0.25) is 9.59 Å². The van der Waals surface area contributed by atoms with Crippen LogP contribution in [0.2, 0.25) is 0 Å². The van der Waals surface area contributed by atoms with Gasteiger partial charge >= 0.3 is 0 Å². The standard InChI is InChI=1S/C25H33N3O2/c1-18(29)28(17-19-6-4-3-5-7-19)23-11-9-21(10-12-23)24-13-8-20(15-25(26)30)14-22(24)16-27-2/h3-8,13-14,21,23,27H,9-12,15-17H2,1-2H3,(H2,26,30)/t21-,23-. The molecule has 5 nitrogen and oxygen atoms in total. The Balaban J connectivity index is 1.69. The van der Waals surface area contributed by atoms with Crippen molar-refractivity contribution in [2.45, 2.75) is 64.1 Å². The molecule has 0 aromatic heterocycles. The maximum Gasteiger partial charge on any atom is 0.221 e. The van der Waals surface area contributed by atoms with Gasteiger partial charge in [0.1, 0.15) is 0 Å². The molecule has 0 radical (unpaired) electrons. The molecule has 0 saturated heterocycles. The van der Waals surface area contributed by atoms with Crippen LogP contribution in [-0.2, 0) is 29.1 Å². The lowest BCUT2D eigenvalue weighted by atomic mass is 9.79. The number of nitrogens with zero attached hydrogens (tertiary/aromatic N) is 1. The topological polar surface area (TPSA) is 75.4 Å². The number of nitrogens with two attached hydrogens (primary N) is 1. The van der Waals surface area contributed by atoms with E-state index >= 15 is 0 Å². The molecule has 30 heavy (non-hydrogen) atoms. The fourth-order valence-electron chi connectivity index (χ4n) is 4.69. The first-order valence-electron chi connectivity index (χ1n) is 10.8. The molecule has 2 aromatic rings. The smallest absolute Gasteiger partial charge is 0.221 e. The third-order valence-electron chi connectivity index (χ3n) is 6.13. The van der Waals surface area contributed by atoms with Gasteiger partial charge in [0.25, 0.3) is 0 Å². The Hall–Kier alpha value is -2.66. The van der Waals surface area contributed by atoms with E-state index in [1.165, 1.54) is 16.7 Å². The molecule has 2 aromatic carbocycles. The van der Waals surface area contributed by atoms with Crippen molar-refractivity contribution >= 4 is 11.8 Å². The van der Waals surface area contributed by atoms with Crippen molar-refractivity contribution < 1.29 is 9.59 Å². The zero-order valence-corrected chi connectivity index (χ0v) is 18.1. The minimum Gasteiger partial charge on any atom is -0.369 e. The molecule has 1 fully saturated rings. The van der Waals surface area contributed by atoms with Crippen molar-refractivity contribution in [3.05, 3.63) is 70.8 Å². The van der Waals surface area contributed by atoms with E-state index in [2.05, 4.69) is 29.6 Å². The third-order valence-corrected chi connectivity index (χ3v) is 6.13. The lowest BCUT2D eigenvalue weighted by Crippen LogP contribution is -2.40. The highest BCUT2D eigenvalue weighted by molar-refractivity contribution is 5.76. The SMILES string of the molecule is CNCc1cc(CC(N)=O)ccc1[C@H]1CC[C@H](N(Cc2ccccc2)C(C)=O)CC1. The fraction of sp³-hybridized carbons (Fsp3) is 0.440. The molecule has 1 aliphatic carbocycles. The number of hydrogen-bond donors (Lipinski definition) is 2. The molecule has 1 aliphatic rings. The van der Waals surface area contributed by atoms with Gasteiger partial charge in [-0.05, 0) is 60.9 Å². The van der Waals surface area contributed by atoms with Crippen molar-refractivity contribution in [2.75, 3.05) is 7.05 Å². The number of amides is 2. The summed E-state index contributed by atoms with van der Waals surface area (Å²) in [7, 11) is 1.94. The predicted molar refractivity (Wildman–Crippen MR) is 120 cm³/mol. The van der Waals surface area contributed by atoms with Crippen LogP contribution in [0.4, 0.5) is 0 Å². The maximum atomic E-state index is 12.3. The van der Waals surface area contributed by atoms with Gasteiger partial charge in [0, 0.05) is 26.1 Å². The average Bonchev–Trinajstić information content (AvgIpc) is 2.73. The van der Waals surface area contributed by atoms with Crippen LogP contribution in [-0.4, -0.2) is 29.8 Å². The molecule has 1 saturated carbocycles. The second-order valence-corrected chi connectivity index (χ2v) is 8.34. The number of rotatable bonds is 8. The molecule has 2 amide bonds. The molecular weight excluding hydrogens is 374 g/mol. The summed E-state index contributed by atoms with van der Waals surface area (Å²) in [6.07, 6.45) is 4.43. The van der Waals surface area contributed by atoms with Gasteiger partial charge in [0.05, 0.1) is 6.42 Å². The summed E-state index contributed by atoms with van der Waals surface area (Å²) < 4.78 is 0. The molecule has 0 bridgehead atoms. The van der Waals surface area contributed by atoms with Crippen molar-refractivity contribution in [1.82, 2.24) is 10.2 Å². The van der Waals surface area contributed by atoms with Gasteiger partial charge in [-0.2, -0.15) is 0 Å².